The summed E-state index contributed by atoms with van der Waals surface area (Å²) in [5, 5.41) is 0. The number of alkyl halides is 1. The predicted octanol–water partition coefficient (Wildman–Crippen LogP) is 2.15. The summed E-state index contributed by atoms with van der Waals surface area (Å²) >= 11 is 5.47. The third-order valence-corrected chi connectivity index (χ3v) is 1.87. The molecule has 1 N–H and O–H groups in total. The lowest BCUT2D eigenvalue weighted by atomic mass is 10.2. The van der Waals surface area contributed by atoms with Crippen molar-refractivity contribution in [3.63, 3.8) is 0 Å². The van der Waals surface area contributed by atoms with Crippen molar-refractivity contribution in [1.82, 2.24) is 9.97 Å². The molecule has 2 nitrogen and oxygen atoms in total. The highest BCUT2D eigenvalue weighted by atomic mass is 35.5. The van der Waals surface area contributed by atoms with Crippen LogP contribution >= 0.6 is 11.6 Å². The van der Waals surface area contributed by atoms with Crippen LogP contribution in [-0.4, -0.2) is 15.8 Å². The van der Waals surface area contributed by atoms with Gasteiger partial charge < -0.3 is 4.98 Å². The topological polar surface area (TPSA) is 28.7 Å². The van der Waals surface area contributed by atoms with Crippen molar-refractivity contribution in [1.29, 1.82) is 0 Å². The molecule has 0 unspecified atom stereocenters. The van der Waals surface area contributed by atoms with Gasteiger partial charge in [-0.15, -0.1) is 11.6 Å². The second-order valence-electron chi connectivity index (χ2n) is 2.54. The number of fused-ring (bicyclic) bond motifs is 1. The molecule has 1 aromatic heterocycles. The summed E-state index contributed by atoms with van der Waals surface area (Å²) in [6.07, 6.45) is 1.66. The quantitative estimate of drug-likeness (QED) is 0.501. The van der Waals surface area contributed by atoms with Crippen LogP contribution in [-0.2, 0) is 0 Å². The first-order chi connectivity index (χ1) is 6.42. The van der Waals surface area contributed by atoms with Crippen LogP contribution in [0, 0.1) is 11.8 Å². The fraction of sp³-hybridized carbons (Fsp3) is 0.100. The van der Waals surface area contributed by atoms with E-state index in [1.807, 2.05) is 18.2 Å². The number of hydrogen-bond acceptors (Lipinski definition) is 1. The van der Waals surface area contributed by atoms with Gasteiger partial charge in [-0.3, -0.25) is 0 Å². The van der Waals surface area contributed by atoms with Gasteiger partial charge in [-0.2, -0.15) is 0 Å². The minimum Gasteiger partial charge on any atom is -0.345 e. The third kappa shape index (κ3) is 1.51. The third-order valence-electron chi connectivity index (χ3n) is 1.74. The number of halogens is 1. The number of nitrogens with one attached hydrogen (secondary N) is 1. The van der Waals surface area contributed by atoms with Gasteiger partial charge in [-0.1, -0.05) is 17.9 Å². The molecular weight excluding hydrogens is 184 g/mol. The molecule has 0 atom stereocenters. The van der Waals surface area contributed by atoms with E-state index in [1.54, 1.807) is 6.33 Å². The van der Waals surface area contributed by atoms with Gasteiger partial charge in [0.2, 0.25) is 0 Å². The van der Waals surface area contributed by atoms with Gasteiger partial charge in [-0.05, 0) is 12.1 Å². The van der Waals surface area contributed by atoms with Crippen LogP contribution in [0.1, 0.15) is 5.56 Å². The lowest BCUT2D eigenvalue weighted by molar-refractivity contribution is 1.34. The summed E-state index contributed by atoms with van der Waals surface area (Å²) in [4.78, 5) is 7.19. The molecular formula is C10H7ClN2. The molecule has 0 saturated heterocycles. The van der Waals surface area contributed by atoms with E-state index in [0.717, 1.165) is 16.6 Å². The molecule has 2 aromatic rings. The Morgan fingerprint density at radius 2 is 2.38 bits per heavy atom. The van der Waals surface area contributed by atoms with Gasteiger partial charge in [0.05, 0.1) is 23.3 Å². The first kappa shape index (κ1) is 8.15. The zero-order chi connectivity index (χ0) is 9.10. The molecule has 0 bridgehead atoms. The van der Waals surface area contributed by atoms with Crippen molar-refractivity contribution < 1.29 is 0 Å². The number of nitrogens with zero attached hydrogens (tertiary/aromatic N) is 1. The Morgan fingerprint density at radius 1 is 1.46 bits per heavy atom. The van der Waals surface area contributed by atoms with Gasteiger partial charge in [0.15, 0.2) is 0 Å². The predicted molar refractivity (Wildman–Crippen MR) is 53.7 cm³/mol. The summed E-state index contributed by atoms with van der Waals surface area (Å²) in [6.45, 7) is 0. The number of rotatable bonds is 0. The summed E-state index contributed by atoms with van der Waals surface area (Å²) in [5.41, 5.74) is 2.82. The van der Waals surface area contributed by atoms with E-state index < -0.39 is 0 Å². The number of para-hydroxylation sites is 1. The van der Waals surface area contributed by atoms with E-state index in [-0.39, 0.29) is 0 Å². The molecule has 3 heteroatoms. The molecule has 1 heterocycles. The Bertz CT molecular complexity index is 476. The number of aromatic amines is 1. The molecule has 0 aliphatic heterocycles. The maximum Gasteiger partial charge on any atom is 0.104 e. The van der Waals surface area contributed by atoms with E-state index in [0.29, 0.717) is 5.88 Å². The Balaban J connectivity index is 2.61. The number of aromatic nitrogens is 2. The van der Waals surface area contributed by atoms with Gasteiger partial charge >= 0.3 is 0 Å². The molecule has 0 aliphatic carbocycles. The van der Waals surface area contributed by atoms with Crippen molar-refractivity contribution >= 4 is 22.6 Å². The number of imidazole rings is 1. The molecule has 0 saturated carbocycles. The van der Waals surface area contributed by atoms with Crippen LogP contribution in [0.4, 0.5) is 0 Å². The van der Waals surface area contributed by atoms with Crippen molar-refractivity contribution in [2.45, 2.75) is 0 Å². The zero-order valence-corrected chi connectivity index (χ0v) is 7.60. The first-order valence-corrected chi connectivity index (χ1v) is 4.42. The zero-order valence-electron chi connectivity index (χ0n) is 6.84. The molecule has 0 spiro atoms. The highest BCUT2D eigenvalue weighted by molar-refractivity contribution is 6.19. The van der Waals surface area contributed by atoms with E-state index >= 15 is 0 Å². The smallest absolute Gasteiger partial charge is 0.104 e. The Labute approximate surface area is 80.9 Å². The molecule has 0 amide bonds. The summed E-state index contributed by atoms with van der Waals surface area (Å²) in [6, 6.07) is 5.84. The molecule has 1 aromatic carbocycles. The molecule has 2 rings (SSSR count). The maximum atomic E-state index is 5.47. The van der Waals surface area contributed by atoms with Crippen LogP contribution in [0.25, 0.3) is 11.0 Å². The number of H-pyrrole nitrogens is 1. The fourth-order valence-corrected chi connectivity index (χ4v) is 1.26. The minimum absolute atomic E-state index is 0.348. The Morgan fingerprint density at radius 3 is 3.23 bits per heavy atom. The van der Waals surface area contributed by atoms with Crippen LogP contribution in [0.2, 0.25) is 0 Å². The van der Waals surface area contributed by atoms with E-state index in [1.165, 1.54) is 0 Å². The average Bonchev–Trinajstić information content (AvgIpc) is 2.62. The molecule has 13 heavy (non-hydrogen) atoms. The summed E-state index contributed by atoms with van der Waals surface area (Å²) in [5.74, 6) is 6.12. The van der Waals surface area contributed by atoms with Crippen molar-refractivity contribution in [2.24, 2.45) is 0 Å². The van der Waals surface area contributed by atoms with Crippen molar-refractivity contribution in [2.75, 3.05) is 5.88 Å². The number of hydrogen-bond donors (Lipinski definition) is 1. The fourth-order valence-electron chi connectivity index (χ4n) is 1.19. The van der Waals surface area contributed by atoms with Crippen LogP contribution in [0.5, 0.6) is 0 Å². The van der Waals surface area contributed by atoms with Crippen molar-refractivity contribution in [3.05, 3.63) is 30.1 Å². The van der Waals surface area contributed by atoms with Gasteiger partial charge in [0.1, 0.15) is 5.52 Å². The SMILES string of the molecule is ClCC#Cc1cccc2[nH]cnc12. The maximum absolute atomic E-state index is 5.47. The van der Waals surface area contributed by atoms with E-state index in [2.05, 4.69) is 21.8 Å². The van der Waals surface area contributed by atoms with Crippen molar-refractivity contribution in [3.8, 4) is 11.8 Å². The highest BCUT2D eigenvalue weighted by Gasteiger charge is 1.98. The summed E-state index contributed by atoms with van der Waals surface area (Å²) in [7, 11) is 0. The molecule has 0 radical (unpaired) electrons. The second-order valence-corrected chi connectivity index (χ2v) is 2.81. The minimum atomic E-state index is 0.348. The second kappa shape index (κ2) is 3.51. The first-order valence-electron chi connectivity index (χ1n) is 3.89. The van der Waals surface area contributed by atoms with Gasteiger partial charge in [-0.25, -0.2) is 4.98 Å². The Hall–Kier alpha value is -1.46. The monoisotopic (exact) mass is 190 g/mol. The normalized spacial score (nSPS) is 9.62. The molecule has 64 valence electrons. The Kier molecular flexibility index (Phi) is 2.20. The lowest BCUT2D eigenvalue weighted by Gasteiger charge is -1.90. The largest absolute Gasteiger partial charge is 0.345 e. The van der Waals surface area contributed by atoms with Gasteiger partial charge in [0.25, 0.3) is 0 Å². The lowest BCUT2D eigenvalue weighted by Crippen LogP contribution is -1.77. The molecule has 0 aliphatic rings. The van der Waals surface area contributed by atoms with E-state index in [4.69, 9.17) is 11.6 Å². The highest BCUT2D eigenvalue weighted by Crippen LogP contribution is 2.12. The van der Waals surface area contributed by atoms with Gasteiger partial charge in [0, 0.05) is 0 Å². The standard InChI is InChI=1S/C10H7ClN2/c11-6-2-4-8-3-1-5-9-10(8)13-7-12-9/h1,3,5,7H,6H2,(H,12,13). The van der Waals surface area contributed by atoms with Crippen LogP contribution in [0.15, 0.2) is 24.5 Å². The molecule has 0 fully saturated rings. The van der Waals surface area contributed by atoms with Crippen LogP contribution in [0.3, 0.4) is 0 Å². The average molecular weight is 191 g/mol. The van der Waals surface area contributed by atoms with E-state index in [9.17, 15) is 0 Å². The summed E-state index contributed by atoms with van der Waals surface area (Å²) < 4.78 is 0. The van der Waals surface area contributed by atoms with Crippen LogP contribution < -0.4 is 0 Å². The number of benzene rings is 1.